The molecule has 0 saturated carbocycles. The van der Waals surface area contributed by atoms with Crippen LogP contribution in [0.1, 0.15) is 0 Å². The van der Waals surface area contributed by atoms with Gasteiger partial charge in [0.2, 0.25) is 0 Å². The lowest BCUT2D eigenvalue weighted by atomic mass is 9.84. The van der Waals surface area contributed by atoms with Gasteiger partial charge in [0.1, 0.15) is 0 Å². The lowest BCUT2D eigenvalue weighted by Crippen LogP contribution is -1.92. The van der Waals surface area contributed by atoms with Crippen molar-refractivity contribution in [1.29, 1.82) is 0 Å². The maximum atomic E-state index is 2.44. The highest BCUT2D eigenvalue weighted by atomic mass is 14.2. The Balaban J connectivity index is 1.39. The van der Waals surface area contributed by atoms with E-state index < -0.39 is 0 Å². The van der Waals surface area contributed by atoms with Crippen molar-refractivity contribution in [2.75, 3.05) is 0 Å². The van der Waals surface area contributed by atoms with Crippen molar-refractivity contribution in [2.24, 2.45) is 0 Å². The average molecular weight is 583 g/mol. The van der Waals surface area contributed by atoms with Gasteiger partial charge in [-0.2, -0.15) is 0 Å². The predicted octanol–water partition coefficient (Wildman–Crippen LogP) is 13.0. The first kappa shape index (κ1) is 26.4. The number of benzene rings is 9. The minimum atomic E-state index is 1.22. The van der Waals surface area contributed by atoms with Gasteiger partial charge in [-0.1, -0.05) is 170 Å². The van der Waals surface area contributed by atoms with Gasteiger partial charge in [-0.25, -0.2) is 0 Å². The van der Waals surface area contributed by atoms with Gasteiger partial charge in [0.25, 0.3) is 0 Å². The number of rotatable bonds is 4. The molecule has 0 aliphatic heterocycles. The fourth-order valence-corrected chi connectivity index (χ4v) is 7.36. The Morgan fingerprint density at radius 1 is 0.239 bits per heavy atom. The second kappa shape index (κ2) is 10.9. The molecule has 0 nitrogen and oxygen atoms in total. The summed E-state index contributed by atoms with van der Waals surface area (Å²) in [6.45, 7) is 0. The van der Waals surface area contributed by atoms with Crippen LogP contribution in [-0.2, 0) is 0 Å². The molecule has 214 valence electrons. The van der Waals surface area contributed by atoms with Crippen LogP contribution >= 0.6 is 0 Å². The molecule has 0 aliphatic rings. The summed E-state index contributed by atoms with van der Waals surface area (Å²) in [4.78, 5) is 0. The molecule has 9 aromatic carbocycles. The van der Waals surface area contributed by atoms with Gasteiger partial charge in [0, 0.05) is 0 Å². The molecule has 46 heavy (non-hydrogen) atoms. The van der Waals surface area contributed by atoms with Crippen LogP contribution in [0.25, 0.3) is 87.6 Å². The second-order valence-corrected chi connectivity index (χ2v) is 12.1. The van der Waals surface area contributed by atoms with Crippen molar-refractivity contribution < 1.29 is 0 Å². The largest absolute Gasteiger partial charge is 0.0622 e. The number of fused-ring (bicyclic) bond motifs is 4. The first-order valence-corrected chi connectivity index (χ1v) is 15.9. The minimum absolute atomic E-state index is 1.22. The molecule has 0 unspecified atom stereocenters. The maximum absolute atomic E-state index is 2.44. The van der Waals surface area contributed by atoms with E-state index in [4.69, 9.17) is 0 Å². The normalized spacial score (nSPS) is 11.5. The van der Waals surface area contributed by atoms with Crippen molar-refractivity contribution in [3.63, 3.8) is 0 Å². The molecule has 9 rings (SSSR count). The standard InChI is InChI=1S/C46H30/c1-3-14-32(15-4-1)38-23-11-19-34-20-12-24-39(44(34)38)36-27-28-42-43(30-36)45(33-16-5-2-6-17-33)40-21-9-10-22-41(40)46(42)37-26-25-31-13-7-8-18-35(31)29-37/h1-30H. The Kier molecular flexibility index (Phi) is 6.25. The fourth-order valence-electron chi connectivity index (χ4n) is 7.36. The summed E-state index contributed by atoms with van der Waals surface area (Å²) in [6.07, 6.45) is 0. The molecular formula is C46H30. The molecule has 0 heterocycles. The third-order valence-corrected chi connectivity index (χ3v) is 9.43. The van der Waals surface area contributed by atoms with Gasteiger partial charge < -0.3 is 0 Å². The van der Waals surface area contributed by atoms with Gasteiger partial charge in [0.05, 0.1) is 0 Å². The van der Waals surface area contributed by atoms with Crippen LogP contribution in [-0.4, -0.2) is 0 Å². The van der Waals surface area contributed by atoms with Crippen LogP contribution in [0.5, 0.6) is 0 Å². The van der Waals surface area contributed by atoms with Gasteiger partial charge in [0.15, 0.2) is 0 Å². The molecule has 0 N–H and O–H groups in total. The molecule has 0 heteroatoms. The zero-order valence-corrected chi connectivity index (χ0v) is 25.3. The van der Waals surface area contributed by atoms with Crippen LogP contribution in [0, 0.1) is 0 Å². The molecule has 0 spiro atoms. The molecule has 0 aromatic heterocycles. The summed E-state index contributed by atoms with van der Waals surface area (Å²) < 4.78 is 0. The third kappa shape index (κ3) is 4.30. The molecule has 0 fully saturated rings. The summed E-state index contributed by atoms with van der Waals surface area (Å²) in [7, 11) is 0. The topological polar surface area (TPSA) is 0 Å². The lowest BCUT2D eigenvalue weighted by Gasteiger charge is -2.19. The molecule has 0 atom stereocenters. The van der Waals surface area contributed by atoms with Crippen LogP contribution in [0.4, 0.5) is 0 Å². The Morgan fingerprint density at radius 3 is 1.48 bits per heavy atom. The summed E-state index contributed by atoms with van der Waals surface area (Å²) in [6, 6.07) is 66.6. The molecule has 0 radical (unpaired) electrons. The molecule has 9 aromatic rings. The van der Waals surface area contributed by atoms with Crippen molar-refractivity contribution in [3.05, 3.63) is 182 Å². The first-order valence-electron chi connectivity index (χ1n) is 15.9. The van der Waals surface area contributed by atoms with Crippen molar-refractivity contribution >= 4 is 43.1 Å². The van der Waals surface area contributed by atoms with E-state index >= 15 is 0 Å². The SMILES string of the molecule is c1ccc(-c2c3ccccc3c(-c3ccc4ccccc4c3)c3ccc(-c4cccc5cccc(-c6ccccc6)c45)cc23)cc1. The van der Waals surface area contributed by atoms with Gasteiger partial charge in [-0.05, 0) is 99.7 Å². The minimum Gasteiger partial charge on any atom is -0.0622 e. The quantitative estimate of drug-likeness (QED) is 0.181. The number of hydrogen-bond donors (Lipinski definition) is 0. The summed E-state index contributed by atoms with van der Waals surface area (Å²) in [5.41, 5.74) is 9.99. The molecule has 0 aliphatic carbocycles. The van der Waals surface area contributed by atoms with Crippen LogP contribution in [0.3, 0.4) is 0 Å². The van der Waals surface area contributed by atoms with Crippen LogP contribution in [0.2, 0.25) is 0 Å². The van der Waals surface area contributed by atoms with Gasteiger partial charge in [-0.15, -0.1) is 0 Å². The molecule has 0 saturated heterocycles. The van der Waals surface area contributed by atoms with E-state index in [0.717, 1.165) is 0 Å². The van der Waals surface area contributed by atoms with E-state index in [1.807, 2.05) is 0 Å². The average Bonchev–Trinajstić information content (AvgIpc) is 3.13. The van der Waals surface area contributed by atoms with Crippen molar-refractivity contribution in [2.45, 2.75) is 0 Å². The highest BCUT2D eigenvalue weighted by molar-refractivity contribution is 6.22. The van der Waals surface area contributed by atoms with Gasteiger partial charge >= 0.3 is 0 Å². The highest BCUT2D eigenvalue weighted by Gasteiger charge is 2.18. The van der Waals surface area contributed by atoms with E-state index in [0.29, 0.717) is 0 Å². The fraction of sp³-hybridized carbons (Fsp3) is 0. The lowest BCUT2D eigenvalue weighted by molar-refractivity contribution is 1.63. The van der Waals surface area contributed by atoms with E-state index in [2.05, 4.69) is 182 Å². The monoisotopic (exact) mass is 582 g/mol. The molecule has 0 bridgehead atoms. The van der Waals surface area contributed by atoms with E-state index in [1.54, 1.807) is 0 Å². The Hall–Kier alpha value is -5.98. The Morgan fingerprint density at radius 2 is 0.761 bits per heavy atom. The highest BCUT2D eigenvalue weighted by Crippen LogP contribution is 2.46. The summed E-state index contributed by atoms with van der Waals surface area (Å²) >= 11 is 0. The van der Waals surface area contributed by atoms with Gasteiger partial charge in [-0.3, -0.25) is 0 Å². The van der Waals surface area contributed by atoms with Crippen molar-refractivity contribution in [3.8, 4) is 44.5 Å². The zero-order valence-electron chi connectivity index (χ0n) is 25.3. The van der Waals surface area contributed by atoms with E-state index in [1.165, 1.54) is 87.6 Å². The maximum Gasteiger partial charge on any atom is -0.00261 e. The predicted molar refractivity (Wildman–Crippen MR) is 198 cm³/mol. The molecular weight excluding hydrogens is 553 g/mol. The Bertz CT molecular complexity index is 2550. The Labute approximate surface area is 268 Å². The third-order valence-electron chi connectivity index (χ3n) is 9.43. The smallest absolute Gasteiger partial charge is 0.00261 e. The second-order valence-electron chi connectivity index (χ2n) is 12.1. The van der Waals surface area contributed by atoms with Crippen molar-refractivity contribution in [1.82, 2.24) is 0 Å². The number of hydrogen-bond acceptors (Lipinski definition) is 0. The summed E-state index contributed by atoms with van der Waals surface area (Å²) in [5.74, 6) is 0. The summed E-state index contributed by atoms with van der Waals surface area (Å²) in [5, 5.41) is 10.1. The molecule has 0 amide bonds. The zero-order chi connectivity index (χ0) is 30.5. The van der Waals surface area contributed by atoms with E-state index in [-0.39, 0.29) is 0 Å². The van der Waals surface area contributed by atoms with Crippen LogP contribution < -0.4 is 0 Å². The first-order chi connectivity index (χ1) is 22.8. The van der Waals surface area contributed by atoms with Crippen LogP contribution in [0.15, 0.2) is 182 Å². The van der Waals surface area contributed by atoms with E-state index in [9.17, 15) is 0 Å².